The van der Waals surface area contributed by atoms with Crippen molar-refractivity contribution in [2.24, 2.45) is 11.3 Å². The molecule has 0 heterocycles. The normalized spacial score (nSPS) is 14.7. The summed E-state index contributed by atoms with van der Waals surface area (Å²) in [4.78, 5) is 0. The molecule has 5 heteroatoms. The lowest BCUT2D eigenvalue weighted by Gasteiger charge is -2.25. The van der Waals surface area contributed by atoms with E-state index in [2.05, 4.69) is 25.5 Å². The van der Waals surface area contributed by atoms with Gasteiger partial charge in [0.1, 0.15) is 0 Å². The molecule has 0 rings (SSSR count). The third-order valence-corrected chi connectivity index (χ3v) is 5.11. The number of unbranched alkanes of at least 4 members (excludes halogenated alkanes) is 2. The highest BCUT2D eigenvalue weighted by Crippen LogP contribution is 2.23. The van der Waals surface area contributed by atoms with Crippen LogP contribution in [0.15, 0.2) is 0 Å². The first-order valence-corrected chi connectivity index (χ1v) is 8.94. The highest BCUT2D eigenvalue weighted by molar-refractivity contribution is 7.89. The Hall–Kier alpha value is 0.200. The fourth-order valence-electron chi connectivity index (χ4n) is 1.73. The maximum Gasteiger partial charge on any atom is 0.211 e. The summed E-state index contributed by atoms with van der Waals surface area (Å²) in [5.74, 6) is 0.481. The van der Waals surface area contributed by atoms with E-state index in [9.17, 15) is 8.42 Å². The van der Waals surface area contributed by atoms with Gasteiger partial charge in [-0.1, -0.05) is 47.0 Å². The number of sulfonamides is 1. The van der Waals surface area contributed by atoms with Gasteiger partial charge < -0.3 is 0 Å². The zero-order valence-corrected chi connectivity index (χ0v) is 13.7. The number of nitrogens with one attached hydrogen (secondary N) is 1. The Balaban J connectivity index is 4.12. The fraction of sp³-hybridized carbons (Fsp3) is 1.00. The zero-order valence-electron chi connectivity index (χ0n) is 12.1. The topological polar surface area (TPSA) is 46.2 Å². The van der Waals surface area contributed by atoms with Crippen LogP contribution in [0.25, 0.3) is 0 Å². The van der Waals surface area contributed by atoms with Crippen LogP contribution in [0, 0.1) is 11.3 Å². The smallest absolute Gasteiger partial charge is 0.211 e. The molecule has 0 amide bonds. The van der Waals surface area contributed by atoms with Crippen molar-refractivity contribution in [1.29, 1.82) is 0 Å². The second-order valence-electron chi connectivity index (χ2n) is 5.98. The van der Waals surface area contributed by atoms with Gasteiger partial charge in [0.15, 0.2) is 0 Å². The van der Waals surface area contributed by atoms with Gasteiger partial charge in [0.05, 0.1) is 5.75 Å². The molecule has 1 N–H and O–H groups in total. The van der Waals surface area contributed by atoms with Crippen LogP contribution < -0.4 is 4.72 Å². The maximum absolute atomic E-state index is 11.8. The molecule has 1 unspecified atom stereocenters. The first-order valence-electron chi connectivity index (χ1n) is 6.76. The quantitative estimate of drug-likeness (QED) is 0.496. The van der Waals surface area contributed by atoms with Crippen molar-refractivity contribution >= 4 is 21.6 Å². The Morgan fingerprint density at radius 2 is 1.89 bits per heavy atom. The number of alkyl halides is 1. The summed E-state index contributed by atoms with van der Waals surface area (Å²) in [7, 11) is -3.19. The number of hydrogen-bond acceptors (Lipinski definition) is 2. The van der Waals surface area contributed by atoms with Crippen LogP contribution in [0.2, 0.25) is 0 Å². The summed E-state index contributed by atoms with van der Waals surface area (Å²) in [6.07, 6.45) is 4.60. The van der Waals surface area contributed by atoms with Gasteiger partial charge in [-0.15, -0.1) is 11.6 Å². The van der Waals surface area contributed by atoms with E-state index < -0.39 is 10.0 Å². The van der Waals surface area contributed by atoms with Crippen molar-refractivity contribution in [3.05, 3.63) is 0 Å². The Morgan fingerprint density at radius 3 is 2.39 bits per heavy atom. The summed E-state index contributed by atoms with van der Waals surface area (Å²) in [6, 6.07) is 0. The van der Waals surface area contributed by atoms with Crippen LogP contribution in [0.3, 0.4) is 0 Å². The minimum Gasteiger partial charge on any atom is -0.215 e. The fourth-order valence-corrected chi connectivity index (χ4v) is 3.56. The van der Waals surface area contributed by atoms with Crippen molar-refractivity contribution < 1.29 is 8.42 Å². The molecule has 3 nitrogen and oxygen atoms in total. The second-order valence-corrected chi connectivity index (χ2v) is 8.14. The number of hydrogen-bond donors (Lipinski definition) is 1. The van der Waals surface area contributed by atoms with E-state index >= 15 is 0 Å². The van der Waals surface area contributed by atoms with Crippen molar-refractivity contribution in [3.63, 3.8) is 0 Å². The molecule has 0 spiro atoms. The molecule has 0 saturated heterocycles. The van der Waals surface area contributed by atoms with Crippen LogP contribution in [0.5, 0.6) is 0 Å². The molecule has 0 fully saturated rings. The first-order chi connectivity index (χ1) is 8.22. The van der Waals surface area contributed by atoms with Gasteiger partial charge in [-0.2, -0.15) is 0 Å². The Morgan fingerprint density at radius 1 is 1.28 bits per heavy atom. The molecule has 0 radical (unpaired) electrons. The average molecular weight is 298 g/mol. The van der Waals surface area contributed by atoms with Crippen LogP contribution in [0.1, 0.15) is 53.4 Å². The molecule has 0 aromatic carbocycles. The summed E-state index contributed by atoms with van der Waals surface area (Å²) in [6.45, 7) is 8.74. The molecule has 0 bridgehead atoms. The minimum atomic E-state index is -3.19. The molecule has 0 aromatic rings. The zero-order chi connectivity index (χ0) is 14.2. The van der Waals surface area contributed by atoms with Crippen LogP contribution in [-0.2, 0) is 10.0 Å². The lowest BCUT2D eigenvalue weighted by atomic mass is 9.87. The molecular formula is C13H28ClNO2S. The van der Waals surface area contributed by atoms with Crippen molar-refractivity contribution in [2.45, 2.75) is 53.4 Å². The molecule has 1 atom stereocenters. The third kappa shape index (κ3) is 9.17. The minimum absolute atomic E-state index is 0.00706. The molecule has 0 aliphatic rings. The van der Waals surface area contributed by atoms with E-state index in [1.165, 1.54) is 12.8 Å². The summed E-state index contributed by atoms with van der Waals surface area (Å²) in [5, 5.41) is 0. The van der Waals surface area contributed by atoms with Gasteiger partial charge in [0.25, 0.3) is 0 Å². The Kier molecular flexibility index (Phi) is 8.48. The third-order valence-electron chi connectivity index (χ3n) is 3.00. The second kappa shape index (κ2) is 8.39. The van der Waals surface area contributed by atoms with Gasteiger partial charge >= 0.3 is 0 Å². The van der Waals surface area contributed by atoms with Crippen molar-refractivity contribution in [3.8, 4) is 0 Å². The lowest BCUT2D eigenvalue weighted by molar-refractivity contribution is 0.320. The van der Waals surface area contributed by atoms with Crippen molar-refractivity contribution in [2.75, 3.05) is 18.2 Å². The summed E-state index contributed by atoms with van der Waals surface area (Å²) < 4.78 is 26.3. The number of halogens is 1. The van der Waals surface area contributed by atoms with Crippen LogP contribution in [-0.4, -0.2) is 26.6 Å². The van der Waals surface area contributed by atoms with E-state index in [0.717, 1.165) is 12.8 Å². The summed E-state index contributed by atoms with van der Waals surface area (Å²) in [5.41, 5.74) is 0.0203. The Labute approximate surface area is 118 Å². The largest absolute Gasteiger partial charge is 0.215 e. The highest BCUT2D eigenvalue weighted by atomic mass is 35.5. The molecule has 0 aliphatic carbocycles. The first kappa shape index (κ1) is 18.2. The van der Waals surface area contributed by atoms with Crippen LogP contribution >= 0.6 is 11.6 Å². The van der Waals surface area contributed by atoms with Gasteiger partial charge in [-0.25, -0.2) is 13.1 Å². The molecular weight excluding hydrogens is 270 g/mol. The maximum atomic E-state index is 11.8. The van der Waals surface area contributed by atoms with E-state index in [-0.39, 0.29) is 17.1 Å². The van der Waals surface area contributed by atoms with Crippen LogP contribution in [0.4, 0.5) is 0 Å². The molecule has 110 valence electrons. The molecule has 0 aliphatic heterocycles. The van der Waals surface area contributed by atoms with Gasteiger partial charge in [0.2, 0.25) is 10.0 Å². The molecule has 0 aromatic heterocycles. The highest BCUT2D eigenvalue weighted by Gasteiger charge is 2.22. The number of rotatable bonds is 10. The van der Waals surface area contributed by atoms with Gasteiger partial charge in [0, 0.05) is 12.4 Å². The van der Waals surface area contributed by atoms with E-state index in [4.69, 9.17) is 11.6 Å². The average Bonchev–Trinajstić information content (AvgIpc) is 2.26. The van der Waals surface area contributed by atoms with Gasteiger partial charge in [-0.05, 0) is 17.8 Å². The van der Waals surface area contributed by atoms with E-state index in [1.807, 2.05) is 6.92 Å². The standard InChI is InChI=1S/C13H28ClNO2S/c1-5-6-7-8-13(3,4)11-15-18(16,17)10-12(2)9-14/h12,15H,5-11H2,1-4H3. The van der Waals surface area contributed by atoms with Crippen molar-refractivity contribution in [1.82, 2.24) is 4.72 Å². The predicted octanol–water partition coefficient (Wildman–Crippen LogP) is 3.39. The monoisotopic (exact) mass is 297 g/mol. The molecule has 0 saturated carbocycles. The molecule has 18 heavy (non-hydrogen) atoms. The lowest BCUT2D eigenvalue weighted by Crippen LogP contribution is -2.36. The van der Waals surface area contributed by atoms with E-state index in [1.54, 1.807) is 0 Å². The SMILES string of the molecule is CCCCCC(C)(C)CNS(=O)(=O)CC(C)CCl. The van der Waals surface area contributed by atoms with Gasteiger partial charge in [-0.3, -0.25) is 0 Å². The van der Waals surface area contributed by atoms with E-state index in [0.29, 0.717) is 12.4 Å². The predicted molar refractivity (Wildman–Crippen MR) is 79.6 cm³/mol. The Bertz CT molecular complexity index is 315. The summed E-state index contributed by atoms with van der Waals surface area (Å²) >= 11 is 5.64.